The SMILES string of the molecule is Cc1ccc2c(-c3ccccc3)c(SCC(=O)Nc3ncn[nH]3)c(-c3ccccc3)nc2c1. The number of rotatable bonds is 6. The number of hydrogen-bond acceptors (Lipinski definition) is 5. The smallest absolute Gasteiger partial charge is 0.237 e. The average Bonchev–Trinajstić information content (AvgIpc) is 3.36. The van der Waals surface area contributed by atoms with Crippen molar-refractivity contribution in [2.45, 2.75) is 11.8 Å². The van der Waals surface area contributed by atoms with Gasteiger partial charge in [0.2, 0.25) is 11.9 Å². The molecule has 2 heterocycles. The third-order valence-electron chi connectivity index (χ3n) is 5.23. The molecule has 7 heteroatoms. The molecule has 2 aromatic heterocycles. The lowest BCUT2D eigenvalue weighted by Crippen LogP contribution is -2.15. The molecule has 2 N–H and O–H groups in total. The van der Waals surface area contributed by atoms with Crippen molar-refractivity contribution in [2.24, 2.45) is 0 Å². The van der Waals surface area contributed by atoms with E-state index >= 15 is 0 Å². The molecule has 0 aliphatic rings. The number of nitrogens with zero attached hydrogens (tertiary/aromatic N) is 3. The van der Waals surface area contributed by atoms with Crippen molar-refractivity contribution in [3.63, 3.8) is 0 Å². The van der Waals surface area contributed by atoms with Crippen molar-refractivity contribution >= 4 is 34.5 Å². The number of carbonyl (C=O) groups excluding carboxylic acids is 1. The van der Waals surface area contributed by atoms with Crippen LogP contribution in [0.15, 0.2) is 90.1 Å². The highest BCUT2D eigenvalue weighted by atomic mass is 32.2. The lowest BCUT2D eigenvalue weighted by atomic mass is 9.97. The summed E-state index contributed by atoms with van der Waals surface area (Å²) >= 11 is 1.48. The molecular weight excluding hydrogens is 430 g/mol. The molecule has 0 saturated heterocycles. The van der Waals surface area contributed by atoms with Gasteiger partial charge in [-0.3, -0.25) is 10.1 Å². The van der Waals surface area contributed by atoms with Crippen molar-refractivity contribution in [1.82, 2.24) is 20.2 Å². The first-order valence-electron chi connectivity index (χ1n) is 10.5. The van der Waals surface area contributed by atoms with Crippen molar-refractivity contribution in [1.29, 1.82) is 0 Å². The summed E-state index contributed by atoms with van der Waals surface area (Å²) in [4.78, 5) is 22.7. The highest BCUT2D eigenvalue weighted by molar-refractivity contribution is 8.00. The van der Waals surface area contributed by atoms with Crippen molar-refractivity contribution in [3.05, 3.63) is 90.8 Å². The number of thioether (sulfide) groups is 1. The van der Waals surface area contributed by atoms with Gasteiger partial charge in [-0.25, -0.2) is 10.1 Å². The van der Waals surface area contributed by atoms with E-state index in [0.717, 1.165) is 43.7 Å². The minimum atomic E-state index is -0.168. The van der Waals surface area contributed by atoms with E-state index in [1.54, 1.807) is 0 Å². The number of aromatic amines is 1. The van der Waals surface area contributed by atoms with Gasteiger partial charge in [-0.05, 0) is 24.1 Å². The minimum absolute atomic E-state index is 0.168. The molecule has 0 aliphatic carbocycles. The zero-order valence-corrected chi connectivity index (χ0v) is 18.8. The number of fused-ring (bicyclic) bond motifs is 1. The van der Waals surface area contributed by atoms with Gasteiger partial charge in [-0.15, -0.1) is 11.8 Å². The van der Waals surface area contributed by atoms with Crippen molar-refractivity contribution in [3.8, 4) is 22.4 Å². The third-order valence-corrected chi connectivity index (χ3v) is 6.32. The number of H-pyrrole nitrogens is 1. The van der Waals surface area contributed by atoms with E-state index in [0.29, 0.717) is 5.95 Å². The van der Waals surface area contributed by atoms with Gasteiger partial charge >= 0.3 is 0 Å². The Morgan fingerprint density at radius 1 is 0.970 bits per heavy atom. The fraction of sp³-hybridized carbons (Fsp3) is 0.0769. The zero-order chi connectivity index (χ0) is 22.6. The van der Waals surface area contributed by atoms with Gasteiger partial charge in [0, 0.05) is 21.4 Å². The molecular formula is C26H21N5OS. The zero-order valence-electron chi connectivity index (χ0n) is 17.9. The Bertz CT molecular complexity index is 1400. The van der Waals surface area contributed by atoms with E-state index in [9.17, 15) is 4.79 Å². The topological polar surface area (TPSA) is 83.6 Å². The van der Waals surface area contributed by atoms with Crippen molar-refractivity contribution < 1.29 is 4.79 Å². The second kappa shape index (κ2) is 9.26. The molecule has 0 radical (unpaired) electrons. The van der Waals surface area contributed by atoms with Crippen LogP contribution in [0.4, 0.5) is 5.95 Å². The fourth-order valence-electron chi connectivity index (χ4n) is 3.75. The second-order valence-corrected chi connectivity index (χ2v) is 8.57. The van der Waals surface area contributed by atoms with Gasteiger partial charge < -0.3 is 0 Å². The van der Waals surface area contributed by atoms with E-state index in [2.05, 4.69) is 69.9 Å². The van der Waals surface area contributed by atoms with E-state index in [1.165, 1.54) is 18.1 Å². The standard InChI is InChI=1S/C26H21N5OS/c1-17-12-13-20-21(14-17)29-24(19-10-6-3-7-11-19)25(23(20)18-8-4-2-5-9-18)33-15-22(32)30-26-27-16-28-31-26/h2-14,16H,15H2,1H3,(H2,27,28,30,31,32). The average molecular weight is 452 g/mol. The first kappa shape index (κ1) is 20.9. The van der Waals surface area contributed by atoms with Gasteiger partial charge in [0.05, 0.1) is 17.0 Å². The number of benzene rings is 3. The molecule has 33 heavy (non-hydrogen) atoms. The van der Waals surface area contributed by atoms with Gasteiger partial charge in [-0.1, -0.05) is 72.8 Å². The van der Waals surface area contributed by atoms with E-state index in [4.69, 9.17) is 4.98 Å². The highest BCUT2D eigenvalue weighted by Gasteiger charge is 2.20. The van der Waals surface area contributed by atoms with Crippen LogP contribution in [0.2, 0.25) is 0 Å². The first-order valence-corrected chi connectivity index (χ1v) is 11.5. The third kappa shape index (κ3) is 4.49. The lowest BCUT2D eigenvalue weighted by molar-refractivity contribution is -0.113. The van der Waals surface area contributed by atoms with Gasteiger partial charge in [-0.2, -0.15) is 10.1 Å². The molecule has 1 amide bonds. The monoisotopic (exact) mass is 451 g/mol. The maximum Gasteiger partial charge on any atom is 0.237 e. The Hall–Kier alpha value is -3.97. The minimum Gasteiger partial charge on any atom is -0.294 e. The largest absolute Gasteiger partial charge is 0.294 e. The summed E-state index contributed by atoms with van der Waals surface area (Å²) in [6, 6.07) is 26.7. The summed E-state index contributed by atoms with van der Waals surface area (Å²) in [5.41, 5.74) is 6.13. The Morgan fingerprint density at radius 2 is 1.70 bits per heavy atom. The number of anilines is 1. The van der Waals surface area contributed by atoms with Crippen LogP contribution < -0.4 is 5.32 Å². The molecule has 162 valence electrons. The molecule has 0 fully saturated rings. The summed E-state index contributed by atoms with van der Waals surface area (Å²) in [7, 11) is 0. The van der Waals surface area contributed by atoms with Crippen LogP contribution in [0, 0.1) is 6.92 Å². The maximum atomic E-state index is 12.6. The summed E-state index contributed by atoms with van der Waals surface area (Å²) in [5.74, 6) is 0.373. The number of pyridine rings is 1. The molecule has 0 aliphatic heterocycles. The fourth-order valence-corrected chi connectivity index (χ4v) is 4.77. The van der Waals surface area contributed by atoms with Crippen LogP contribution in [-0.2, 0) is 4.79 Å². The molecule has 0 spiro atoms. The number of amides is 1. The highest BCUT2D eigenvalue weighted by Crippen LogP contribution is 2.42. The number of nitrogens with one attached hydrogen (secondary N) is 2. The van der Waals surface area contributed by atoms with Crippen LogP contribution in [0.3, 0.4) is 0 Å². The normalized spacial score (nSPS) is 10.9. The van der Waals surface area contributed by atoms with Crippen LogP contribution in [-0.4, -0.2) is 31.8 Å². The molecule has 3 aromatic carbocycles. The molecule has 5 rings (SSSR count). The van der Waals surface area contributed by atoms with Crippen LogP contribution >= 0.6 is 11.8 Å². The number of aryl methyl sites for hydroxylation is 1. The summed E-state index contributed by atoms with van der Waals surface area (Å²) in [5, 5.41) is 10.2. The maximum absolute atomic E-state index is 12.6. The van der Waals surface area contributed by atoms with E-state index < -0.39 is 0 Å². The van der Waals surface area contributed by atoms with Crippen LogP contribution in [0.25, 0.3) is 33.3 Å². The van der Waals surface area contributed by atoms with Gasteiger partial charge in [0.15, 0.2) is 0 Å². The Balaban J connectivity index is 1.67. The molecule has 6 nitrogen and oxygen atoms in total. The molecule has 0 unspecified atom stereocenters. The van der Waals surface area contributed by atoms with E-state index in [1.807, 2.05) is 36.4 Å². The summed E-state index contributed by atoms with van der Waals surface area (Å²) in [6.45, 7) is 2.07. The van der Waals surface area contributed by atoms with Gasteiger partial charge in [0.25, 0.3) is 0 Å². The molecule has 0 bridgehead atoms. The second-order valence-electron chi connectivity index (χ2n) is 7.59. The van der Waals surface area contributed by atoms with Gasteiger partial charge in [0.1, 0.15) is 6.33 Å². The number of carbonyl (C=O) groups is 1. The Kier molecular flexibility index (Phi) is 5.87. The van der Waals surface area contributed by atoms with E-state index in [-0.39, 0.29) is 11.7 Å². The summed E-state index contributed by atoms with van der Waals surface area (Å²) in [6.07, 6.45) is 1.36. The van der Waals surface area contributed by atoms with Crippen molar-refractivity contribution in [2.75, 3.05) is 11.1 Å². The Labute approximate surface area is 195 Å². The van der Waals surface area contributed by atoms with Crippen LogP contribution in [0.1, 0.15) is 5.56 Å². The predicted octanol–water partition coefficient (Wildman–Crippen LogP) is 5.73. The molecule has 5 aromatic rings. The molecule has 0 atom stereocenters. The lowest BCUT2D eigenvalue weighted by Gasteiger charge is -2.18. The number of aromatic nitrogens is 4. The first-order chi connectivity index (χ1) is 16.2. The predicted molar refractivity (Wildman–Crippen MR) is 133 cm³/mol. The number of hydrogen-bond donors (Lipinski definition) is 2. The van der Waals surface area contributed by atoms with Crippen LogP contribution in [0.5, 0.6) is 0 Å². The Morgan fingerprint density at radius 3 is 2.39 bits per heavy atom. The molecule has 0 saturated carbocycles. The summed E-state index contributed by atoms with van der Waals surface area (Å²) < 4.78 is 0. The quantitative estimate of drug-likeness (QED) is 0.322.